The summed E-state index contributed by atoms with van der Waals surface area (Å²) < 4.78 is 15.4. The number of hydrogen-bond donors (Lipinski definition) is 3. The maximum absolute atomic E-state index is 14.5. The third-order valence-electron chi connectivity index (χ3n) is 4.74. The van der Waals surface area contributed by atoms with Crippen molar-refractivity contribution in [2.45, 2.75) is 18.9 Å². The second-order valence-electron chi connectivity index (χ2n) is 6.73. The number of H-pyrrole nitrogens is 1. The molecule has 3 aromatic rings. The Bertz CT molecular complexity index is 1110. The number of nitrogens with one attached hydrogen (secondary N) is 2. The van der Waals surface area contributed by atoms with E-state index >= 15 is 0 Å². The van der Waals surface area contributed by atoms with E-state index in [0.29, 0.717) is 28.2 Å². The highest BCUT2D eigenvalue weighted by Gasteiger charge is 2.32. The van der Waals surface area contributed by atoms with Gasteiger partial charge in [-0.3, -0.25) is 14.9 Å². The van der Waals surface area contributed by atoms with Crippen molar-refractivity contribution in [3.8, 4) is 0 Å². The summed E-state index contributed by atoms with van der Waals surface area (Å²) in [6.07, 6.45) is 0.657. The average Bonchev–Trinajstić information content (AvgIpc) is 3.06. The number of anilines is 1. The minimum absolute atomic E-state index is 0.268. The van der Waals surface area contributed by atoms with Gasteiger partial charge in [0.05, 0.1) is 11.1 Å². The highest BCUT2D eigenvalue weighted by Crippen LogP contribution is 2.37. The Balaban J connectivity index is 1.66. The molecule has 6 nitrogen and oxygen atoms in total. The van der Waals surface area contributed by atoms with E-state index in [9.17, 15) is 9.18 Å². The molecule has 9 heteroatoms. The van der Waals surface area contributed by atoms with Gasteiger partial charge in [0.15, 0.2) is 10.9 Å². The number of aromatic amines is 1. The number of amides is 1. The fourth-order valence-electron chi connectivity index (χ4n) is 3.25. The SMILES string of the molecule is CC1(c2cc(NC(=O)c3n[nH]c4ccc(Br)cc34)ccc2F)CCSC(N)=N1. The molecule has 0 fully saturated rings. The van der Waals surface area contributed by atoms with E-state index in [0.717, 1.165) is 15.7 Å². The lowest BCUT2D eigenvalue weighted by molar-refractivity contribution is 0.102. The number of nitrogens with two attached hydrogens (primary N) is 1. The summed E-state index contributed by atoms with van der Waals surface area (Å²) in [6, 6.07) is 10.00. The Labute approximate surface area is 173 Å². The Morgan fingerprint density at radius 2 is 2.18 bits per heavy atom. The highest BCUT2D eigenvalue weighted by molar-refractivity contribution is 9.10. The summed E-state index contributed by atoms with van der Waals surface area (Å²) in [7, 11) is 0. The van der Waals surface area contributed by atoms with Gasteiger partial charge in [-0.1, -0.05) is 27.7 Å². The number of nitrogens with zero attached hydrogens (tertiary/aromatic N) is 2. The van der Waals surface area contributed by atoms with E-state index < -0.39 is 5.54 Å². The molecule has 4 rings (SSSR count). The monoisotopic (exact) mass is 461 g/mol. The number of carbonyl (C=O) groups is 1. The van der Waals surface area contributed by atoms with Gasteiger partial charge in [0.2, 0.25) is 0 Å². The first-order valence-corrected chi connectivity index (χ1v) is 10.4. The van der Waals surface area contributed by atoms with Gasteiger partial charge < -0.3 is 11.1 Å². The minimum Gasteiger partial charge on any atom is -0.379 e. The van der Waals surface area contributed by atoms with Gasteiger partial charge in [-0.15, -0.1) is 0 Å². The zero-order valence-electron chi connectivity index (χ0n) is 14.9. The van der Waals surface area contributed by atoms with Crippen LogP contribution in [0.2, 0.25) is 0 Å². The van der Waals surface area contributed by atoms with E-state index in [1.807, 2.05) is 25.1 Å². The number of amidine groups is 1. The first-order chi connectivity index (χ1) is 13.4. The molecule has 28 heavy (non-hydrogen) atoms. The Hall–Kier alpha value is -2.39. The van der Waals surface area contributed by atoms with Crippen LogP contribution in [-0.2, 0) is 5.54 Å². The molecule has 0 aliphatic carbocycles. The van der Waals surface area contributed by atoms with Crippen LogP contribution in [0.3, 0.4) is 0 Å². The Morgan fingerprint density at radius 3 is 2.96 bits per heavy atom. The summed E-state index contributed by atoms with van der Waals surface area (Å²) in [4.78, 5) is 17.2. The molecule has 4 N–H and O–H groups in total. The van der Waals surface area contributed by atoms with E-state index in [2.05, 4.69) is 36.4 Å². The first kappa shape index (κ1) is 18.9. The van der Waals surface area contributed by atoms with Gasteiger partial charge in [-0.25, -0.2) is 4.39 Å². The molecule has 1 amide bonds. The summed E-state index contributed by atoms with van der Waals surface area (Å²) in [5.41, 5.74) is 6.99. The van der Waals surface area contributed by atoms with Crippen molar-refractivity contribution < 1.29 is 9.18 Å². The lowest BCUT2D eigenvalue weighted by Gasteiger charge is -2.30. The lowest BCUT2D eigenvalue weighted by atomic mass is 9.89. The van der Waals surface area contributed by atoms with E-state index in [-0.39, 0.29) is 17.4 Å². The number of aliphatic imine (C=N–C) groups is 1. The quantitative estimate of drug-likeness (QED) is 0.538. The van der Waals surface area contributed by atoms with Crippen molar-refractivity contribution in [2.75, 3.05) is 11.1 Å². The molecule has 0 spiro atoms. The van der Waals surface area contributed by atoms with Crippen molar-refractivity contribution in [3.63, 3.8) is 0 Å². The van der Waals surface area contributed by atoms with Gasteiger partial charge in [0.25, 0.3) is 5.91 Å². The smallest absolute Gasteiger partial charge is 0.276 e. The lowest BCUT2D eigenvalue weighted by Crippen LogP contribution is -2.29. The van der Waals surface area contributed by atoms with Gasteiger partial charge in [0, 0.05) is 26.9 Å². The van der Waals surface area contributed by atoms with Crippen LogP contribution < -0.4 is 11.1 Å². The third kappa shape index (κ3) is 3.51. The fraction of sp³-hybridized carbons (Fsp3) is 0.211. The molecule has 0 saturated carbocycles. The van der Waals surface area contributed by atoms with Crippen molar-refractivity contribution in [1.82, 2.24) is 10.2 Å². The van der Waals surface area contributed by atoms with Crippen LogP contribution in [0.25, 0.3) is 10.9 Å². The molecular weight excluding hydrogens is 445 g/mol. The second kappa shape index (κ2) is 7.21. The molecule has 1 unspecified atom stereocenters. The van der Waals surface area contributed by atoms with Crippen molar-refractivity contribution >= 4 is 55.4 Å². The van der Waals surface area contributed by atoms with Crippen molar-refractivity contribution in [1.29, 1.82) is 0 Å². The number of aromatic nitrogens is 2. The first-order valence-electron chi connectivity index (χ1n) is 8.59. The van der Waals surface area contributed by atoms with Gasteiger partial charge in [-0.2, -0.15) is 5.10 Å². The molecular formula is C19H17BrFN5OS. The number of halogens is 2. The minimum atomic E-state index is -0.760. The number of hydrogen-bond acceptors (Lipinski definition) is 5. The second-order valence-corrected chi connectivity index (χ2v) is 8.76. The van der Waals surface area contributed by atoms with Crippen molar-refractivity contribution in [2.24, 2.45) is 10.7 Å². The topological polar surface area (TPSA) is 96.2 Å². The van der Waals surface area contributed by atoms with Crippen LogP contribution in [-0.4, -0.2) is 27.0 Å². The molecule has 1 aromatic heterocycles. The van der Waals surface area contributed by atoms with Crippen LogP contribution in [0.5, 0.6) is 0 Å². The number of fused-ring (bicyclic) bond motifs is 1. The van der Waals surface area contributed by atoms with Crippen LogP contribution in [0.1, 0.15) is 29.4 Å². The molecule has 144 valence electrons. The molecule has 0 radical (unpaired) electrons. The molecule has 0 saturated heterocycles. The average molecular weight is 462 g/mol. The standard InChI is InChI=1S/C19H17BrFN5OS/c1-19(6-7-28-18(22)24-19)13-9-11(3-4-14(13)21)23-17(27)16-12-8-10(20)2-5-15(12)25-26-16/h2-5,8-9H,6-7H2,1H3,(H2,22,24)(H,23,27)(H,25,26). The number of carbonyl (C=O) groups excluding carboxylic acids is 1. The third-order valence-corrected chi connectivity index (χ3v) is 6.03. The maximum Gasteiger partial charge on any atom is 0.276 e. The van der Waals surface area contributed by atoms with Crippen LogP contribution in [0.4, 0.5) is 10.1 Å². The molecule has 0 bridgehead atoms. The van der Waals surface area contributed by atoms with Gasteiger partial charge in [-0.05, 0) is 49.7 Å². The predicted molar refractivity (Wildman–Crippen MR) is 114 cm³/mol. The summed E-state index contributed by atoms with van der Waals surface area (Å²) >= 11 is 4.86. The van der Waals surface area contributed by atoms with Crippen LogP contribution >= 0.6 is 27.7 Å². The molecule has 1 aliphatic heterocycles. The van der Waals surface area contributed by atoms with Crippen molar-refractivity contribution in [3.05, 3.63) is 57.9 Å². The van der Waals surface area contributed by atoms with E-state index in [4.69, 9.17) is 5.73 Å². The number of rotatable bonds is 3. The number of benzene rings is 2. The maximum atomic E-state index is 14.5. The largest absolute Gasteiger partial charge is 0.379 e. The fourth-order valence-corrected chi connectivity index (χ4v) is 4.58. The molecule has 2 heterocycles. The number of thioether (sulfide) groups is 1. The Morgan fingerprint density at radius 1 is 1.36 bits per heavy atom. The van der Waals surface area contributed by atoms with Crippen LogP contribution in [0, 0.1) is 5.82 Å². The molecule has 2 aromatic carbocycles. The highest BCUT2D eigenvalue weighted by atomic mass is 79.9. The Kier molecular flexibility index (Phi) is 4.88. The summed E-state index contributed by atoms with van der Waals surface area (Å²) in [6.45, 7) is 1.85. The van der Waals surface area contributed by atoms with E-state index in [1.54, 1.807) is 6.07 Å². The van der Waals surface area contributed by atoms with Gasteiger partial charge >= 0.3 is 0 Å². The van der Waals surface area contributed by atoms with Crippen LogP contribution in [0.15, 0.2) is 45.9 Å². The molecule has 1 atom stereocenters. The molecule has 1 aliphatic rings. The van der Waals surface area contributed by atoms with E-state index in [1.165, 1.54) is 23.9 Å². The normalized spacial score (nSPS) is 19.5. The summed E-state index contributed by atoms with van der Waals surface area (Å²) in [5, 5.41) is 10.9. The zero-order valence-corrected chi connectivity index (χ0v) is 17.3. The predicted octanol–water partition coefficient (Wildman–Crippen LogP) is 4.38. The summed E-state index contributed by atoms with van der Waals surface area (Å²) in [5.74, 6) is 0.00286. The van der Waals surface area contributed by atoms with Gasteiger partial charge in [0.1, 0.15) is 5.82 Å². The zero-order chi connectivity index (χ0) is 19.9.